The Balaban J connectivity index is 0.00000158. The maximum atomic E-state index is 13.0. The van der Waals surface area contributed by atoms with E-state index in [1.54, 1.807) is 4.57 Å². The highest BCUT2D eigenvalue weighted by Gasteiger charge is 2.35. The SMILES string of the molecule is CC.CC.Cc1cc(CN(C)C)ccc1-c1nc(C(F)(F)F)cn1C(C)C. The highest BCUT2D eigenvalue weighted by Crippen LogP contribution is 2.33. The van der Waals surface area contributed by atoms with Gasteiger partial charge in [0.1, 0.15) is 5.82 Å². The standard InChI is InChI=1S/C17H22F3N3.2C2H6/c1-11(2)23-10-15(17(18,19)20)21-16(23)14-7-6-13(8-12(14)3)9-22(4)5;2*1-2/h6-8,10-11H,9H2,1-5H3;2*1-2H3. The van der Waals surface area contributed by atoms with Crippen molar-refractivity contribution in [2.24, 2.45) is 0 Å². The maximum Gasteiger partial charge on any atom is 0.434 e. The molecular weight excluding hydrogens is 351 g/mol. The van der Waals surface area contributed by atoms with Crippen LogP contribution in [0.2, 0.25) is 0 Å². The average molecular weight is 386 g/mol. The van der Waals surface area contributed by atoms with E-state index < -0.39 is 11.9 Å². The smallest absolute Gasteiger partial charge is 0.328 e. The molecule has 0 aliphatic rings. The molecule has 27 heavy (non-hydrogen) atoms. The number of hydrogen-bond donors (Lipinski definition) is 0. The molecule has 1 aromatic carbocycles. The lowest BCUT2D eigenvalue weighted by molar-refractivity contribution is -0.140. The molecule has 2 aromatic rings. The van der Waals surface area contributed by atoms with E-state index in [1.807, 2.05) is 85.7 Å². The topological polar surface area (TPSA) is 21.1 Å². The lowest BCUT2D eigenvalue weighted by Gasteiger charge is -2.15. The molecule has 0 unspecified atom stereocenters. The van der Waals surface area contributed by atoms with E-state index in [0.29, 0.717) is 5.82 Å². The first-order valence-electron chi connectivity index (χ1n) is 9.50. The minimum atomic E-state index is -4.44. The lowest BCUT2D eigenvalue weighted by atomic mass is 10.0. The van der Waals surface area contributed by atoms with Crippen LogP contribution < -0.4 is 0 Å². The Morgan fingerprint density at radius 1 is 1.07 bits per heavy atom. The molecule has 0 spiro atoms. The van der Waals surface area contributed by atoms with Gasteiger partial charge in [0, 0.05) is 24.3 Å². The fourth-order valence-corrected chi connectivity index (χ4v) is 2.56. The molecule has 0 aliphatic carbocycles. The number of aromatic nitrogens is 2. The minimum absolute atomic E-state index is 0.102. The van der Waals surface area contributed by atoms with Gasteiger partial charge >= 0.3 is 6.18 Å². The highest BCUT2D eigenvalue weighted by atomic mass is 19.4. The molecule has 0 saturated carbocycles. The Kier molecular flexibility index (Phi) is 10.4. The Bertz CT molecular complexity index is 686. The number of rotatable bonds is 4. The van der Waals surface area contributed by atoms with E-state index in [4.69, 9.17) is 0 Å². The Morgan fingerprint density at radius 3 is 2.04 bits per heavy atom. The van der Waals surface area contributed by atoms with Gasteiger partial charge < -0.3 is 9.47 Å². The molecule has 0 fully saturated rings. The van der Waals surface area contributed by atoms with Crippen molar-refractivity contribution in [3.05, 3.63) is 41.2 Å². The zero-order valence-electron chi connectivity index (χ0n) is 18.1. The molecule has 6 heteroatoms. The predicted molar refractivity (Wildman–Crippen MR) is 108 cm³/mol. The number of nitrogens with zero attached hydrogens (tertiary/aromatic N) is 3. The van der Waals surface area contributed by atoms with Crippen LogP contribution in [-0.2, 0) is 12.7 Å². The number of benzene rings is 1. The molecule has 154 valence electrons. The van der Waals surface area contributed by atoms with Crippen LogP contribution in [0.4, 0.5) is 13.2 Å². The van der Waals surface area contributed by atoms with Gasteiger partial charge in [-0.1, -0.05) is 45.9 Å². The lowest BCUT2D eigenvalue weighted by Crippen LogP contribution is -2.11. The van der Waals surface area contributed by atoms with E-state index in [1.165, 1.54) is 0 Å². The summed E-state index contributed by atoms with van der Waals surface area (Å²) in [6.07, 6.45) is -3.35. The fraction of sp³-hybridized carbons (Fsp3) is 0.571. The quantitative estimate of drug-likeness (QED) is 0.593. The summed E-state index contributed by atoms with van der Waals surface area (Å²) in [5.41, 5.74) is 1.93. The summed E-state index contributed by atoms with van der Waals surface area (Å²) in [6.45, 7) is 14.4. The highest BCUT2D eigenvalue weighted by molar-refractivity contribution is 5.62. The van der Waals surface area contributed by atoms with Gasteiger partial charge in [0.15, 0.2) is 5.69 Å². The molecule has 0 amide bonds. The van der Waals surface area contributed by atoms with Crippen molar-refractivity contribution >= 4 is 0 Å². The first kappa shape index (κ1) is 25.2. The molecule has 0 saturated heterocycles. The Morgan fingerprint density at radius 2 is 1.63 bits per heavy atom. The summed E-state index contributed by atoms with van der Waals surface area (Å²) >= 11 is 0. The zero-order chi connectivity index (χ0) is 21.4. The third kappa shape index (κ3) is 7.01. The van der Waals surface area contributed by atoms with Crippen molar-refractivity contribution in [3.8, 4) is 11.4 Å². The second-order valence-electron chi connectivity index (χ2n) is 6.34. The summed E-state index contributed by atoms with van der Waals surface area (Å²) in [5.74, 6) is 0.362. The average Bonchev–Trinajstić information content (AvgIpc) is 3.04. The molecular formula is C21H34F3N3. The van der Waals surface area contributed by atoms with E-state index in [-0.39, 0.29) is 6.04 Å². The van der Waals surface area contributed by atoms with Crippen molar-refractivity contribution in [1.82, 2.24) is 14.5 Å². The third-order valence-corrected chi connectivity index (χ3v) is 3.61. The van der Waals surface area contributed by atoms with Crippen LogP contribution in [0.25, 0.3) is 11.4 Å². The second-order valence-corrected chi connectivity index (χ2v) is 6.34. The van der Waals surface area contributed by atoms with Gasteiger partial charge in [-0.3, -0.25) is 0 Å². The number of halogens is 3. The minimum Gasteiger partial charge on any atom is -0.328 e. The monoisotopic (exact) mass is 385 g/mol. The van der Waals surface area contributed by atoms with E-state index >= 15 is 0 Å². The number of alkyl halides is 3. The second kappa shape index (κ2) is 11.1. The summed E-state index contributed by atoms with van der Waals surface area (Å²) in [6, 6.07) is 5.70. The van der Waals surface area contributed by atoms with Crippen LogP contribution >= 0.6 is 0 Å². The first-order valence-corrected chi connectivity index (χ1v) is 9.50. The van der Waals surface area contributed by atoms with Crippen molar-refractivity contribution in [3.63, 3.8) is 0 Å². The van der Waals surface area contributed by atoms with Crippen LogP contribution in [0, 0.1) is 6.92 Å². The van der Waals surface area contributed by atoms with Crippen LogP contribution in [0.1, 0.15) is 64.4 Å². The summed E-state index contributed by atoms with van der Waals surface area (Å²) in [5, 5.41) is 0. The summed E-state index contributed by atoms with van der Waals surface area (Å²) in [4.78, 5) is 5.90. The van der Waals surface area contributed by atoms with Gasteiger partial charge in [-0.05, 0) is 46.0 Å². The number of aryl methyl sites for hydroxylation is 1. The summed E-state index contributed by atoms with van der Waals surface area (Å²) in [7, 11) is 3.95. The van der Waals surface area contributed by atoms with E-state index in [0.717, 1.165) is 29.4 Å². The van der Waals surface area contributed by atoms with Crippen LogP contribution in [0.15, 0.2) is 24.4 Å². The normalized spacial score (nSPS) is 11.0. The molecule has 0 bridgehead atoms. The molecule has 0 N–H and O–H groups in total. The third-order valence-electron chi connectivity index (χ3n) is 3.61. The molecule has 0 radical (unpaired) electrons. The Labute approximate surface area is 162 Å². The van der Waals surface area contributed by atoms with Crippen LogP contribution in [0.5, 0.6) is 0 Å². The number of hydrogen-bond acceptors (Lipinski definition) is 2. The van der Waals surface area contributed by atoms with Gasteiger partial charge in [0.05, 0.1) is 0 Å². The van der Waals surface area contributed by atoms with Crippen LogP contribution in [-0.4, -0.2) is 28.5 Å². The maximum absolute atomic E-state index is 13.0. The molecule has 1 aromatic heterocycles. The molecule has 2 rings (SSSR count). The van der Waals surface area contributed by atoms with E-state index in [2.05, 4.69) is 4.98 Å². The van der Waals surface area contributed by atoms with Crippen molar-refractivity contribution in [2.75, 3.05) is 14.1 Å². The van der Waals surface area contributed by atoms with Crippen molar-refractivity contribution < 1.29 is 13.2 Å². The van der Waals surface area contributed by atoms with Crippen molar-refractivity contribution in [1.29, 1.82) is 0 Å². The zero-order valence-corrected chi connectivity index (χ0v) is 18.1. The van der Waals surface area contributed by atoms with Crippen LogP contribution in [0.3, 0.4) is 0 Å². The predicted octanol–water partition coefficient (Wildman–Crippen LogP) is 6.57. The molecule has 3 nitrogen and oxygen atoms in total. The fourth-order valence-electron chi connectivity index (χ4n) is 2.56. The molecule has 0 aliphatic heterocycles. The van der Waals surface area contributed by atoms with Gasteiger partial charge in [-0.15, -0.1) is 0 Å². The van der Waals surface area contributed by atoms with Gasteiger partial charge in [0.2, 0.25) is 0 Å². The largest absolute Gasteiger partial charge is 0.434 e. The van der Waals surface area contributed by atoms with Crippen molar-refractivity contribution in [2.45, 2.75) is 67.2 Å². The summed E-state index contributed by atoms with van der Waals surface area (Å²) < 4.78 is 40.5. The van der Waals surface area contributed by atoms with Gasteiger partial charge in [0.25, 0.3) is 0 Å². The van der Waals surface area contributed by atoms with E-state index in [9.17, 15) is 13.2 Å². The Hall–Kier alpha value is -1.82. The van der Waals surface area contributed by atoms with Gasteiger partial charge in [-0.2, -0.15) is 13.2 Å². The first-order chi connectivity index (χ1) is 12.6. The number of imidazole rings is 1. The molecule has 1 heterocycles. The molecule has 0 atom stereocenters. The van der Waals surface area contributed by atoms with Gasteiger partial charge in [-0.25, -0.2) is 4.98 Å².